The van der Waals surface area contributed by atoms with Gasteiger partial charge in [-0.1, -0.05) is 5.16 Å². The highest BCUT2D eigenvalue weighted by Crippen LogP contribution is 2.26. The van der Waals surface area contributed by atoms with Crippen LogP contribution in [0.15, 0.2) is 28.9 Å². The number of nitrogens with one attached hydrogen (secondary N) is 1. The summed E-state index contributed by atoms with van der Waals surface area (Å²) in [6, 6.07) is 3.35. The second kappa shape index (κ2) is 5.80. The first-order valence-electron chi connectivity index (χ1n) is 7.76. The van der Waals surface area contributed by atoms with E-state index in [0.29, 0.717) is 36.7 Å². The van der Waals surface area contributed by atoms with E-state index in [1.807, 2.05) is 0 Å². The Labute approximate surface area is 141 Å². The lowest BCUT2D eigenvalue weighted by Crippen LogP contribution is -2.36. The van der Waals surface area contributed by atoms with Gasteiger partial charge in [-0.25, -0.2) is 13.8 Å². The molecule has 2 aromatic heterocycles. The van der Waals surface area contributed by atoms with E-state index >= 15 is 0 Å². The zero-order chi connectivity index (χ0) is 17.6. The highest BCUT2D eigenvalue weighted by atomic mass is 19.1. The fourth-order valence-electron chi connectivity index (χ4n) is 2.95. The SMILES string of the molecule is Cc1oncc1C(=O)N1CCc2nc(-c3ccc(F)cc3F)[nH]c2C1. The van der Waals surface area contributed by atoms with E-state index in [1.165, 1.54) is 18.3 Å². The number of carbonyl (C=O) groups excluding carboxylic acids is 1. The van der Waals surface area contributed by atoms with Crippen LogP contribution in [-0.2, 0) is 13.0 Å². The molecule has 25 heavy (non-hydrogen) atoms. The lowest BCUT2D eigenvalue weighted by molar-refractivity contribution is 0.0730. The van der Waals surface area contributed by atoms with E-state index < -0.39 is 11.6 Å². The third kappa shape index (κ3) is 2.69. The molecule has 0 unspecified atom stereocenters. The first-order chi connectivity index (χ1) is 12.0. The van der Waals surface area contributed by atoms with Crippen LogP contribution >= 0.6 is 0 Å². The van der Waals surface area contributed by atoms with Crippen LogP contribution in [0.1, 0.15) is 27.5 Å². The Kier molecular flexibility index (Phi) is 3.60. The maximum atomic E-state index is 14.0. The van der Waals surface area contributed by atoms with Crippen molar-refractivity contribution in [1.29, 1.82) is 0 Å². The van der Waals surface area contributed by atoms with Crippen molar-refractivity contribution in [2.45, 2.75) is 19.9 Å². The Bertz CT molecular complexity index is 963. The van der Waals surface area contributed by atoms with Crippen molar-refractivity contribution in [3.05, 3.63) is 58.7 Å². The predicted molar refractivity (Wildman–Crippen MR) is 83.6 cm³/mol. The average Bonchev–Trinajstić information content (AvgIpc) is 3.19. The van der Waals surface area contributed by atoms with Gasteiger partial charge < -0.3 is 14.4 Å². The molecular formula is C17H14F2N4O2. The van der Waals surface area contributed by atoms with Crippen LogP contribution < -0.4 is 0 Å². The molecule has 0 fully saturated rings. The predicted octanol–water partition coefficient (Wildman–Crippen LogP) is 2.85. The molecule has 6 nitrogen and oxygen atoms in total. The monoisotopic (exact) mass is 344 g/mol. The number of aromatic amines is 1. The van der Waals surface area contributed by atoms with Crippen molar-refractivity contribution in [3.8, 4) is 11.4 Å². The summed E-state index contributed by atoms with van der Waals surface area (Å²) >= 11 is 0. The molecule has 1 aromatic carbocycles. The van der Waals surface area contributed by atoms with Crippen molar-refractivity contribution in [3.63, 3.8) is 0 Å². The van der Waals surface area contributed by atoms with E-state index in [4.69, 9.17) is 4.52 Å². The number of carbonyl (C=O) groups is 1. The normalized spacial score (nSPS) is 13.8. The smallest absolute Gasteiger partial charge is 0.259 e. The summed E-state index contributed by atoms with van der Waals surface area (Å²) < 4.78 is 32.0. The number of aromatic nitrogens is 3. The lowest BCUT2D eigenvalue weighted by Gasteiger charge is -2.25. The zero-order valence-electron chi connectivity index (χ0n) is 13.3. The van der Waals surface area contributed by atoms with Crippen LogP contribution in [0.25, 0.3) is 11.4 Å². The van der Waals surface area contributed by atoms with E-state index in [1.54, 1.807) is 11.8 Å². The number of hydrogen-bond donors (Lipinski definition) is 1. The molecule has 128 valence electrons. The van der Waals surface area contributed by atoms with E-state index in [0.717, 1.165) is 17.5 Å². The number of nitrogens with zero attached hydrogens (tertiary/aromatic N) is 3. The molecule has 1 aliphatic rings. The number of hydrogen-bond acceptors (Lipinski definition) is 4. The molecule has 0 saturated heterocycles. The molecule has 0 atom stereocenters. The first-order valence-corrected chi connectivity index (χ1v) is 7.76. The van der Waals surface area contributed by atoms with Crippen LogP contribution in [0.4, 0.5) is 8.78 Å². The number of imidazole rings is 1. The molecule has 3 aromatic rings. The Morgan fingerprint density at radius 1 is 1.36 bits per heavy atom. The van der Waals surface area contributed by atoms with E-state index in [2.05, 4.69) is 15.1 Å². The molecular weight excluding hydrogens is 330 g/mol. The number of rotatable bonds is 2. The molecule has 0 bridgehead atoms. The number of halogens is 2. The highest BCUT2D eigenvalue weighted by molar-refractivity contribution is 5.94. The summed E-state index contributed by atoms with van der Waals surface area (Å²) in [7, 11) is 0. The van der Waals surface area contributed by atoms with Crippen molar-refractivity contribution in [2.24, 2.45) is 0 Å². The number of amides is 1. The molecule has 1 aliphatic heterocycles. The minimum Gasteiger partial charge on any atom is -0.361 e. The fourth-order valence-corrected chi connectivity index (χ4v) is 2.95. The Hall–Kier alpha value is -3.03. The number of H-pyrrole nitrogens is 1. The Balaban J connectivity index is 1.61. The molecule has 1 amide bonds. The molecule has 3 heterocycles. The van der Waals surface area contributed by atoms with Crippen molar-refractivity contribution < 1.29 is 18.1 Å². The topological polar surface area (TPSA) is 75.0 Å². The van der Waals surface area contributed by atoms with Crippen LogP contribution in [0, 0.1) is 18.6 Å². The standard InChI is InChI=1S/C17H14F2N4O2/c1-9-12(7-20-25-9)17(24)23-5-4-14-15(8-23)22-16(21-14)11-3-2-10(18)6-13(11)19/h2-3,6-7H,4-5,8H2,1H3,(H,21,22). The number of benzene rings is 1. The Morgan fingerprint density at radius 3 is 2.92 bits per heavy atom. The summed E-state index contributed by atoms with van der Waals surface area (Å²) in [5, 5.41) is 3.63. The van der Waals surface area contributed by atoms with Gasteiger partial charge in [-0.2, -0.15) is 0 Å². The van der Waals surface area contributed by atoms with Crippen molar-refractivity contribution >= 4 is 5.91 Å². The summed E-state index contributed by atoms with van der Waals surface area (Å²) in [5.74, 6) is -0.696. The summed E-state index contributed by atoms with van der Waals surface area (Å²) in [5.41, 5.74) is 2.15. The van der Waals surface area contributed by atoms with Crippen molar-refractivity contribution in [1.82, 2.24) is 20.0 Å². The third-order valence-corrected chi connectivity index (χ3v) is 4.29. The molecule has 1 N–H and O–H groups in total. The van der Waals surface area contributed by atoms with Gasteiger partial charge in [0.2, 0.25) is 0 Å². The van der Waals surface area contributed by atoms with E-state index in [-0.39, 0.29) is 11.5 Å². The van der Waals surface area contributed by atoms with Gasteiger partial charge in [-0.3, -0.25) is 4.79 Å². The maximum Gasteiger partial charge on any atom is 0.259 e. The Morgan fingerprint density at radius 2 is 2.20 bits per heavy atom. The second-order valence-electron chi connectivity index (χ2n) is 5.91. The first kappa shape index (κ1) is 15.5. The van der Waals surface area contributed by atoms with Gasteiger partial charge in [-0.15, -0.1) is 0 Å². The van der Waals surface area contributed by atoms with Crippen LogP contribution in [0.2, 0.25) is 0 Å². The van der Waals surface area contributed by atoms with Crippen LogP contribution in [0.3, 0.4) is 0 Å². The fraction of sp³-hybridized carbons (Fsp3) is 0.235. The minimum atomic E-state index is -0.681. The highest BCUT2D eigenvalue weighted by Gasteiger charge is 2.27. The zero-order valence-corrected chi connectivity index (χ0v) is 13.3. The summed E-state index contributed by atoms with van der Waals surface area (Å²) in [6.07, 6.45) is 1.95. The average molecular weight is 344 g/mol. The molecule has 4 rings (SSSR count). The molecule has 0 aliphatic carbocycles. The second-order valence-corrected chi connectivity index (χ2v) is 5.91. The minimum absolute atomic E-state index is 0.173. The van der Waals surface area contributed by atoms with Gasteiger partial charge in [0, 0.05) is 19.0 Å². The van der Waals surface area contributed by atoms with Crippen LogP contribution in [-0.4, -0.2) is 32.5 Å². The number of fused-ring (bicyclic) bond motifs is 1. The van der Waals surface area contributed by atoms with Gasteiger partial charge in [0.15, 0.2) is 0 Å². The van der Waals surface area contributed by atoms with E-state index in [9.17, 15) is 13.6 Å². The van der Waals surface area contributed by atoms with Gasteiger partial charge in [-0.05, 0) is 19.1 Å². The van der Waals surface area contributed by atoms with Gasteiger partial charge >= 0.3 is 0 Å². The molecule has 0 radical (unpaired) electrons. The quantitative estimate of drug-likeness (QED) is 0.776. The number of aryl methyl sites for hydroxylation is 1. The molecule has 8 heteroatoms. The lowest BCUT2D eigenvalue weighted by atomic mass is 10.1. The summed E-state index contributed by atoms with van der Waals surface area (Å²) in [6.45, 7) is 2.50. The van der Waals surface area contributed by atoms with Gasteiger partial charge in [0.25, 0.3) is 5.91 Å². The maximum absolute atomic E-state index is 14.0. The van der Waals surface area contributed by atoms with Gasteiger partial charge in [0.05, 0.1) is 29.7 Å². The van der Waals surface area contributed by atoms with Gasteiger partial charge in [0.1, 0.15) is 28.8 Å². The largest absolute Gasteiger partial charge is 0.361 e. The molecule has 0 saturated carbocycles. The van der Waals surface area contributed by atoms with Crippen molar-refractivity contribution in [2.75, 3.05) is 6.54 Å². The van der Waals surface area contributed by atoms with Crippen LogP contribution in [0.5, 0.6) is 0 Å². The summed E-state index contributed by atoms with van der Waals surface area (Å²) in [4.78, 5) is 21.7. The molecule has 0 spiro atoms. The third-order valence-electron chi connectivity index (χ3n) is 4.29.